The number of esters is 1. The van der Waals surface area contributed by atoms with Gasteiger partial charge in [-0.05, 0) is 36.2 Å². The number of benzene rings is 2. The van der Waals surface area contributed by atoms with Crippen molar-refractivity contribution in [3.05, 3.63) is 69.7 Å². The van der Waals surface area contributed by atoms with Gasteiger partial charge >= 0.3 is 5.97 Å². The number of carbonyl (C=O) groups is 2. The highest BCUT2D eigenvalue weighted by Gasteiger charge is 2.11. The van der Waals surface area contributed by atoms with Gasteiger partial charge in [0.25, 0.3) is 0 Å². The van der Waals surface area contributed by atoms with Crippen molar-refractivity contribution in [1.29, 1.82) is 0 Å². The van der Waals surface area contributed by atoms with Crippen LogP contribution in [0.25, 0.3) is 0 Å². The Morgan fingerprint density at radius 1 is 0.952 bits per heavy atom. The van der Waals surface area contributed by atoms with E-state index >= 15 is 0 Å². The molecule has 0 unspecified atom stereocenters. The standard InChI is InChI=1S/C17H15BrO3/c1-2-12-3-5-14(6-4-12)17(20)21-11-16(19)13-7-9-15(18)10-8-13/h3-10H,2,11H2,1H3. The van der Waals surface area contributed by atoms with Crippen molar-refractivity contribution in [2.75, 3.05) is 6.61 Å². The third-order valence-corrected chi connectivity index (χ3v) is 3.63. The molecular weight excluding hydrogens is 332 g/mol. The Balaban J connectivity index is 1.93. The number of halogens is 1. The first-order chi connectivity index (χ1) is 10.1. The van der Waals surface area contributed by atoms with E-state index in [-0.39, 0.29) is 12.4 Å². The van der Waals surface area contributed by atoms with E-state index in [9.17, 15) is 9.59 Å². The summed E-state index contributed by atoms with van der Waals surface area (Å²) in [5, 5.41) is 0. The third kappa shape index (κ3) is 4.26. The summed E-state index contributed by atoms with van der Waals surface area (Å²) in [6.07, 6.45) is 0.914. The van der Waals surface area contributed by atoms with Crippen molar-refractivity contribution in [3.63, 3.8) is 0 Å². The number of hydrogen-bond acceptors (Lipinski definition) is 3. The van der Waals surface area contributed by atoms with Crippen LogP contribution in [0.4, 0.5) is 0 Å². The molecule has 3 nitrogen and oxygen atoms in total. The fourth-order valence-corrected chi connectivity index (χ4v) is 2.07. The van der Waals surface area contributed by atoms with Crippen molar-refractivity contribution in [2.24, 2.45) is 0 Å². The van der Waals surface area contributed by atoms with Gasteiger partial charge in [-0.15, -0.1) is 0 Å². The van der Waals surface area contributed by atoms with Crippen molar-refractivity contribution < 1.29 is 14.3 Å². The predicted molar refractivity (Wildman–Crippen MR) is 84.6 cm³/mol. The average Bonchev–Trinajstić information content (AvgIpc) is 2.53. The van der Waals surface area contributed by atoms with E-state index in [1.807, 2.05) is 19.1 Å². The lowest BCUT2D eigenvalue weighted by Crippen LogP contribution is -2.14. The summed E-state index contributed by atoms with van der Waals surface area (Å²) in [4.78, 5) is 23.8. The molecular formula is C17H15BrO3. The molecule has 0 radical (unpaired) electrons. The number of ether oxygens (including phenoxy) is 1. The molecule has 0 aliphatic carbocycles. The second-order valence-electron chi connectivity index (χ2n) is 4.56. The first-order valence-corrected chi connectivity index (χ1v) is 7.44. The Labute approximate surface area is 132 Å². The average molecular weight is 347 g/mol. The Bertz CT molecular complexity index is 630. The fourth-order valence-electron chi connectivity index (χ4n) is 1.81. The number of aryl methyl sites for hydroxylation is 1. The highest BCUT2D eigenvalue weighted by molar-refractivity contribution is 9.10. The van der Waals surface area contributed by atoms with E-state index in [0.29, 0.717) is 11.1 Å². The summed E-state index contributed by atoms with van der Waals surface area (Å²) in [5.41, 5.74) is 2.13. The lowest BCUT2D eigenvalue weighted by atomic mass is 10.1. The summed E-state index contributed by atoms with van der Waals surface area (Å²) in [7, 11) is 0. The highest BCUT2D eigenvalue weighted by atomic mass is 79.9. The van der Waals surface area contributed by atoms with E-state index in [1.165, 1.54) is 0 Å². The largest absolute Gasteiger partial charge is 0.454 e. The third-order valence-electron chi connectivity index (χ3n) is 3.10. The van der Waals surface area contributed by atoms with Crippen LogP contribution in [-0.2, 0) is 11.2 Å². The molecule has 2 rings (SSSR count). The van der Waals surface area contributed by atoms with Gasteiger partial charge in [0.2, 0.25) is 0 Å². The second-order valence-corrected chi connectivity index (χ2v) is 5.47. The van der Waals surface area contributed by atoms with Gasteiger partial charge in [0, 0.05) is 10.0 Å². The molecule has 0 bridgehead atoms. The van der Waals surface area contributed by atoms with Crippen LogP contribution >= 0.6 is 15.9 Å². The van der Waals surface area contributed by atoms with Gasteiger partial charge in [-0.1, -0.05) is 47.1 Å². The van der Waals surface area contributed by atoms with Crippen LogP contribution in [0.1, 0.15) is 33.2 Å². The molecule has 0 saturated carbocycles. The first-order valence-electron chi connectivity index (χ1n) is 6.65. The summed E-state index contributed by atoms with van der Waals surface area (Å²) in [6.45, 7) is 1.79. The van der Waals surface area contributed by atoms with E-state index in [4.69, 9.17) is 4.74 Å². The second kappa shape index (κ2) is 7.18. The first kappa shape index (κ1) is 15.4. The maximum absolute atomic E-state index is 11.9. The predicted octanol–water partition coefficient (Wildman–Crippen LogP) is 4.05. The zero-order valence-corrected chi connectivity index (χ0v) is 13.2. The van der Waals surface area contributed by atoms with Gasteiger partial charge in [-0.2, -0.15) is 0 Å². The van der Waals surface area contributed by atoms with Crippen LogP contribution < -0.4 is 0 Å². The van der Waals surface area contributed by atoms with E-state index < -0.39 is 5.97 Å². The normalized spacial score (nSPS) is 10.2. The van der Waals surface area contributed by atoms with Crippen LogP contribution in [0.5, 0.6) is 0 Å². The van der Waals surface area contributed by atoms with Gasteiger partial charge in [0.1, 0.15) is 0 Å². The molecule has 21 heavy (non-hydrogen) atoms. The van der Waals surface area contributed by atoms with Gasteiger partial charge in [-0.25, -0.2) is 4.79 Å². The number of rotatable bonds is 5. The molecule has 0 aliphatic rings. The van der Waals surface area contributed by atoms with Crippen LogP contribution in [0, 0.1) is 0 Å². The molecule has 0 spiro atoms. The Hall–Kier alpha value is -1.94. The fraction of sp³-hybridized carbons (Fsp3) is 0.176. The monoisotopic (exact) mass is 346 g/mol. The minimum atomic E-state index is -0.483. The summed E-state index contributed by atoms with van der Waals surface area (Å²) < 4.78 is 5.94. The summed E-state index contributed by atoms with van der Waals surface area (Å²) in [5.74, 6) is -0.704. The van der Waals surface area contributed by atoms with Crippen molar-refractivity contribution >= 4 is 27.7 Å². The van der Waals surface area contributed by atoms with E-state index in [2.05, 4.69) is 15.9 Å². The van der Waals surface area contributed by atoms with E-state index in [0.717, 1.165) is 16.5 Å². The van der Waals surface area contributed by atoms with Crippen molar-refractivity contribution in [2.45, 2.75) is 13.3 Å². The van der Waals surface area contributed by atoms with Crippen LogP contribution in [0.3, 0.4) is 0 Å². The summed E-state index contributed by atoms with van der Waals surface area (Å²) in [6, 6.07) is 14.1. The maximum atomic E-state index is 11.9. The number of ketones is 1. The molecule has 0 heterocycles. The molecule has 2 aromatic carbocycles. The molecule has 108 valence electrons. The Morgan fingerprint density at radius 2 is 1.52 bits per heavy atom. The highest BCUT2D eigenvalue weighted by Crippen LogP contribution is 2.12. The molecule has 0 aliphatic heterocycles. The summed E-state index contributed by atoms with van der Waals surface area (Å²) >= 11 is 3.30. The minimum absolute atomic E-state index is 0.221. The zero-order valence-electron chi connectivity index (χ0n) is 11.6. The van der Waals surface area contributed by atoms with Gasteiger partial charge in [0.15, 0.2) is 12.4 Å². The molecule has 2 aromatic rings. The lowest BCUT2D eigenvalue weighted by Gasteiger charge is -2.05. The maximum Gasteiger partial charge on any atom is 0.338 e. The van der Waals surface area contributed by atoms with Crippen LogP contribution in [-0.4, -0.2) is 18.4 Å². The number of Topliss-reactive ketones (excluding diaryl/α,β-unsaturated/α-hetero) is 1. The lowest BCUT2D eigenvalue weighted by molar-refractivity contribution is 0.0475. The van der Waals surface area contributed by atoms with Gasteiger partial charge < -0.3 is 4.74 Å². The minimum Gasteiger partial charge on any atom is -0.454 e. The SMILES string of the molecule is CCc1ccc(C(=O)OCC(=O)c2ccc(Br)cc2)cc1. The van der Waals surface area contributed by atoms with Crippen LogP contribution in [0.15, 0.2) is 53.0 Å². The zero-order chi connectivity index (χ0) is 15.2. The smallest absolute Gasteiger partial charge is 0.338 e. The molecule has 0 atom stereocenters. The van der Waals surface area contributed by atoms with Gasteiger partial charge in [0.05, 0.1) is 5.56 Å². The molecule has 0 aromatic heterocycles. The number of hydrogen-bond donors (Lipinski definition) is 0. The Kier molecular flexibility index (Phi) is 5.28. The number of carbonyl (C=O) groups excluding carboxylic acids is 2. The Morgan fingerprint density at radius 3 is 2.10 bits per heavy atom. The quantitative estimate of drug-likeness (QED) is 0.605. The molecule has 0 fully saturated rings. The van der Waals surface area contributed by atoms with Gasteiger partial charge in [-0.3, -0.25) is 4.79 Å². The molecule has 0 amide bonds. The molecule has 0 saturated heterocycles. The van der Waals surface area contributed by atoms with Crippen molar-refractivity contribution in [1.82, 2.24) is 0 Å². The van der Waals surface area contributed by atoms with Crippen LogP contribution in [0.2, 0.25) is 0 Å². The molecule has 4 heteroatoms. The van der Waals surface area contributed by atoms with Crippen molar-refractivity contribution in [3.8, 4) is 0 Å². The molecule has 0 N–H and O–H groups in total. The topological polar surface area (TPSA) is 43.4 Å². The van der Waals surface area contributed by atoms with E-state index in [1.54, 1.807) is 36.4 Å².